The number of nitrogen functional groups attached to an aromatic ring is 1. The van der Waals surface area contributed by atoms with Crippen LogP contribution in [0.1, 0.15) is 26.0 Å². The smallest absolute Gasteiger partial charge is 0.221 e. The Morgan fingerprint density at radius 3 is 2.62 bits per heavy atom. The van der Waals surface area contributed by atoms with Crippen molar-refractivity contribution in [2.24, 2.45) is 7.05 Å². The molecule has 1 heterocycles. The molecule has 0 atom stereocenters. The minimum atomic E-state index is -0.0736. The first-order chi connectivity index (χ1) is 10.0. The lowest BCUT2D eigenvalue weighted by molar-refractivity contribution is -0.114. The monoisotopic (exact) mass is 304 g/mol. The van der Waals surface area contributed by atoms with Gasteiger partial charge < -0.3 is 11.1 Å². The molecule has 0 saturated carbocycles. The van der Waals surface area contributed by atoms with Crippen LogP contribution in [0.25, 0.3) is 0 Å². The second kappa shape index (κ2) is 6.67. The minimum Gasteiger partial charge on any atom is -0.395 e. The molecule has 0 aliphatic carbocycles. The third-order valence-electron chi connectivity index (χ3n) is 2.98. The third kappa shape index (κ3) is 3.78. The van der Waals surface area contributed by atoms with E-state index in [2.05, 4.69) is 17.3 Å². The maximum atomic E-state index is 11.0. The molecule has 0 aliphatic rings. The number of anilines is 2. The highest BCUT2D eigenvalue weighted by atomic mass is 32.2. The van der Waals surface area contributed by atoms with Crippen LogP contribution < -0.4 is 11.1 Å². The summed E-state index contributed by atoms with van der Waals surface area (Å²) in [5, 5.41) is 8.17. The number of aromatic nitrogens is 2. The summed E-state index contributed by atoms with van der Waals surface area (Å²) in [7, 11) is 1.91. The van der Waals surface area contributed by atoms with E-state index in [-0.39, 0.29) is 5.91 Å². The van der Waals surface area contributed by atoms with Gasteiger partial charge in [0.2, 0.25) is 5.91 Å². The molecule has 0 saturated heterocycles. The fraction of sp³-hybridized carbons (Fsp3) is 0.333. The fourth-order valence-corrected chi connectivity index (χ4v) is 2.94. The van der Waals surface area contributed by atoms with Crippen LogP contribution in [0, 0.1) is 0 Å². The maximum absolute atomic E-state index is 11.0. The maximum Gasteiger partial charge on any atom is 0.221 e. The van der Waals surface area contributed by atoms with Crippen LogP contribution in [-0.4, -0.2) is 15.7 Å². The normalized spacial score (nSPS) is 10.6. The highest BCUT2D eigenvalue weighted by Crippen LogP contribution is 2.34. The zero-order chi connectivity index (χ0) is 15.4. The molecule has 0 unspecified atom stereocenters. The Morgan fingerprint density at radius 2 is 2.05 bits per heavy atom. The first-order valence-corrected chi connectivity index (χ1v) is 7.69. The lowest BCUT2D eigenvalue weighted by Crippen LogP contribution is -2.05. The summed E-state index contributed by atoms with van der Waals surface area (Å²) in [5.74, 6) is -0.0736. The molecule has 3 N–H and O–H groups in total. The number of aryl methyl sites for hydroxylation is 2. The number of nitrogens with two attached hydrogens (primary N) is 1. The number of rotatable bonds is 5. The zero-order valence-electron chi connectivity index (χ0n) is 12.5. The van der Waals surface area contributed by atoms with Crippen molar-refractivity contribution >= 4 is 29.0 Å². The van der Waals surface area contributed by atoms with Crippen molar-refractivity contribution in [3.63, 3.8) is 0 Å². The molecule has 112 valence electrons. The molecule has 0 aliphatic heterocycles. The summed E-state index contributed by atoms with van der Waals surface area (Å²) in [5.41, 5.74) is 8.68. The molecule has 6 heteroatoms. The van der Waals surface area contributed by atoms with Gasteiger partial charge >= 0.3 is 0 Å². The van der Waals surface area contributed by atoms with E-state index in [1.165, 1.54) is 6.92 Å². The summed E-state index contributed by atoms with van der Waals surface area (Å²) in [6, 6.07) is 7.68. The number of hydrogen-bond acceptors (Lipinski definition) is 4. The van der Waals surface area contributed by atoms with Gasteiger partial charge in [-0.3, -0.25) is 9.48 Å². The Labute approximate surface area is 128 Å². The second-order valence-electron chi connectivity index (χ2n) is 4.85. The number of amides is 1. The molecule has 1 aromatic heterocycles. The Morgan fingerprint density at radius 1 is 1.38 bits per heavy atom. The standard InChI is InChI=1S/C15H20N4OS/c1-4-5-13-14(16)15(19(3)18-13)21-12-8-6-11(7-9-12)17-10(2)20/h6-9H,4-5,16H2,1-3H3,(H,17,20). The second-order valence-corrected chi connectivity index (χ2v) is 5.91. The van der Waals surface area contributed by atoms with Gasteiger partial charge in [-0.15, -0.1) is 0 Å². The fourth-order valence-electron chi connectivity index (χ4n) is 2.04. The summed E-state index contributed by atoms with van der Waals surface area (Å²) in [6.45, 7) is 3.61. The first-order valence-electron chi connectivity index (χ1n) is 6.88. The molecule has 0 fully saturated rings. The highest BCUT2D eigenvalue weighted by Gasteiger charge is 2.13. The molecule has 0 bridgehead atoms. The minimum absolute atomic E-state index is 0.0736. The van der Waals surface area contributed by atoms with E-state index < -0.39 is 0 Å². The van der Waals surface area contributed by atoms with Crippen molar-refractivity contribution in [1.29, 1.82) is 0 Å². The predicted octanol–water partition coefficient (Wildman–Crippen LogP) is 3.06. The number of nitrogens with zero attached hydrogens (tertiary/aromatic N) is 2. The Hall–Kier alpha value is -1.95. The van der Waals surface area contributed by atoms with Gasteiger partial charge in [0.15, 0.2) is 0 Å². The van der Waals surface area contributed by atoms with Crippen molar-refractivity contribution in [3.05, 3.63) is 30.0 Å². The molecule has 0 spiro atoms. The van der Waals surface area contributed by atoms with Crippen molar-refractivity contribution in [2.45, 2.75) is 36.6 Å². The molecule has 2 rings (SSSR count). The van der Waals surface area contributed by atoms with Crippen LogP contribution in [0.15, 0.2) is 34.2 Å². The van der Waals surface area contributed by atoms with Gasteiger partial charge in [-0.25, -0.2) is 0 Å². The number of hydrogen-bond donors (Lipinski definition) is 2. The average Bonchev–Trinajstić information content (AvgIpc) is 2.68. The SMILES string of the molecule is CCCc1nn(C)c(Sc2ccc(NC(C)=O)cc2)c1N. The van der Waals surface area contributed by atoms with Crippen molar-refractivity contribution in [1.82, 2.24) is 9.78 Å². The number of nitrogens with one attached hydrogen (secondary N) is 1. The van der Waals surface area contributed by atoms with E-state index >= 15 is 0 Å². The van der Waals surface area contributed by atoms with Crippen LogP contribution in [-0.2, 0) is 18.3 Å². The van der Waals surface area contributed by atoms with Crippen LogP contribution in [0.3, 0.4) is 0 Å². The molecule has 5 nitrogen and oxygen atoms in total. The van der Waals surface area contributed by atoms with E-state index in [9.17, 15) is 4.79 Å². The molecule has 21 heavy (non-hydrogen) atoms. The molecule has 1 aromatic carbocycles. The summed E-state index contributed by atoms with van der Waals surface area (Å²) in [6.07, 6.45) is 1.92. The number of carbonyl (C=O) groups is 1. The van der Waals surface area contributed by atoms with Gasteiger partial charge in [-0.05, 0) is 30.7 Å². The van der Waals surface area contributed by atoms with Gasteiger partial charge in [0.25, 0.3) is 0 Å². The van der Waals surface area contributed by atoms with Gasteiger partial charge in [-0.1, -0.05) is 25.1 Å². The van der Waals surface area contributed by atoms with Gasteiger partial charge in [0.1, 0.15) is 5.03 Å². The molecular formula is C15H20N4OS. The summed E-state index contributed by atoms with van der Waals surface area (Å²) >= 11 is 1.58. The van der Waals surface area contributed by atoms with Crippen LogP contribution in [0.2, 0.25) is 0 Å². The van der Waals surface area contributed by atoms with Crippen LogP contribution in [0.5, 0.6) is 0 Å². The van der Waals surface area contributed by atoms with Crippen molar-refractivity contribution < 1.29 is 4.79 Å². The summed E-state index contributed by atoms with van der Waals surface area (Å²) in [4.78, 5) is 12.1. The van der Waals surface area contributed by atoms with E-state index in [0.717, 1.165) is 39.8 Å². The van der Waals surface area contributed by atoms with Crippen LogP contribution in [0.4, 0.5) is 11.4 Å². The van der Waals surface area contributed by atoms with Gasteiger partial charge in [0, 0.05) is 24.6 Å². The number of carbonyl (C=O) groups excluding carboxylic acids is 1. The lowest BCUT2D eigenvalue weighted by atomic mass is 10.2. The third-order valence-corrected chi connectivity index (χ3v) is 4.17. The largest absolute Gasteiger partial charge is 0.395 e. The Kier molecular flexibility index (Phi) is 4.90. The van der Waals surface area contributed by atoms with E-state index in [4.69, 9.17) is 5.73 Å². The molecule has 0 radical (unpaired) electrons. The molecule has 2 aromatic rings. The predicted molar refractivity (Wildman–Crippen MR) is 86.5 cm³/mol. The Bertz CT molecular complexity index is 634. The topological polar surface area (TPSA) is 72.9 Å². The molecular weight excluding hydrogens is 284 g/mol. The lowest BCUT2D eigenvalue weighted by Gasteiger charge is -2.05. The van der Waals surface area contributed by atoms with E-state index in [1.54, 1.807) is 11.8 Å². The van der Waals surface area contributed by atoms with E-state index in [1.807, 2.05) is 36.0 Å². The summed E-state index contributed by atoms with van der Waals surface area (Å²) < 4.78 is 1.83. The van der Waals surface area contributed by atoms with Gasteiger partial charge in [0.05, 0.1) is 11.4 Å². The number of benzene rings is 1. The highest BCUT2D eigenvalue weighted by molar-refractivity contribution is 7.99. The van der Waals surface area contributed by atoms with E-state index in [0.29, 0.717) is 0 Å². The Balaban J connectivity index is 2.16. The zero-order valence-corrected chi connectivity index (χ0v) is 13.3. The van der Waals surface area contributed by atoms with Crippen molar-refractivity contribution in [2.75, 3.05) is 11.1 Å². The van der Waals surface area contributed by atoms with Gasteiger partial charge in [-0.2, -0.15) is 5.10 Å². The molecule has 1 amide bonds. The van der Waals surface area contributed by atoms with Crippen molar-refractivity contribution in [3.8, 4) is 0 Å². The quantitative estimate of drug-likeness (QED) is 0.890. The first kappa shape index (κ1) is 15.4. The van der Waals surface area contributed by atoms with Crippen LogP contribution >= 0.6 is 11.8 Å². The average molecular weight is 304 g/mol.